The molecule has 0 amide bonds. The number of hydrogen-bond donors (Lipinski definition) is 1. The van der Waals surface area contributed by atoms with Crippen molar-refractivity contribution in [3.8, 4) is 0 Å². The summed E-state index contributed by atoms with van der Waals surface area (Å²) in [5.74, 6) is 0. The molecule has 0 fully saturated rings. The van der Waals surface area contributed by atoms with E-state index in [2.05, 4.69) is 48.3 Å². The van der Waals surface area contributed by atoms with Crippen molar-refractivity contribution in [1.82, 2.24) is 10.2 Å². The van der Waals surface area contributed by atoms with Crippen LogP contribution in [-0.4, -0.2) is 44.8 Å². The number of rotatable bonds is 10. The molecule has 1 aromatic rings. The minimum absolute atomic E-state index is 0.799. The second-order valence-electron chi connectivity index (χ2n) is 4.73. The normalized spacial score (nSPS) is 11.2. The van der Waals surface area contributed by atoms with Gasteiger partial charge in [0.15, 0.2) is 0 Å². The third-order valence-corrected chi connectivity index (χ3v) is 3.39. The van der Waals surface area contributed by atoms with Gasteiger partial charge in [-0.1, -0.05) is 38.1 Å². The summed E-state index contributed by atoms with van der Waals surface area (Å²) in [6, 6.07) is 8.76. The molecule has 0 aliphatic heterocycles. The maximum Gasteiger partial charge on any atom is 0.0589 e. The highest BCUT2D eigenvalue weighted by atomic mass is 16.5. The molecule has 3 nitrogen and oxygen atoms in total. The molecule has 3 heteroatoms. The van der Waals surface area contributed by atoms with Crippen LogP contribution in [0.5, 0.6) is 0 Å². The van der Waals surface area contributed by atoms with Gasteiger partial charge in [-0.3, -0.25) is 4.90 Å². The third-order valence-electron chi connectivity index (χ3n) is 3.39. The van der Waals surface area contributed by atoms with Gasteiger partial charge in [0.1, 0.15) is 0 Å². The van der Waals surface area contributed by atoms with Gasteiger partial charge in [-0.15, -0.1) is 0 Å². The summed E-state index contributed by atoms with van der Waals surface area (Å²) in [6.07, 6.45) is 1.10. The fraction of sp³-hybridized carbons (Fsp3) is 0.625. The molecule has 0 spiro atoms. The zero-order chi connectivity index (χ0) is 13.9. The van der Waals surface area contributed by atoms with Crippen molar-refractivity contribution in [2.24, 2.45) is 0 Å². The lowest BCUT2D eigenvalue weighted by atomic mass is 10.0. The second kappa shape index (κ2) is 9.96. The van der Waals surface area contributed by atoms with Gasteiger partial charge in [0.2, 0.25) is 0 Å². The topological polar surface area (TPSA) is 24.5 Å². The monoisotopic (exact) mass is 264 g/mol. The standard InChI is InChI=1S/C16H28N2O/c1-4-17-11-10-15-8-6-7-9-16(15)14-18(5-2)12-13-19-3/h6-9,17H,4-5,10-14H2,1-3H3. The van der Waals surface area contributed by atoms with Crippen LogP contribution in [0.15, 0.2) is 24.3 Å². The molecular formula is C16H28N2O. The van der Waals surface area contributed by atoms with Crippen LogP contribution in [0.25, 0.3) is 0 Å². The van der Waals surface area contributed by atoms with Gasteiger partial charge in [0.25, 0.3) is 0 Å². The van der Waals surface area contributed by atoms with Crippen LogP contribution in [0, 0.1) is 0 Å². The van der Waals surface area contributed by atoms with E-state index in [-0.39, 0.29) is 0 Å². The second-order valence-corrected chi connectivity index (χ2v) is 4.73. The van der Waals surface area contributed by atoms with Gasteiger partial charge in [0.05, 0.1) is 6.61 Å². The Bertz CT molecular complexity index is 341. The number of ether oxygens (including phenoxy) is 1. The van der Waals surface area contributed by atoms with Crippen LogP contribution >= 0.6 is 0 Å². The van der Waals surface area contributed by atoms with Gasteiger partial charge >= 0.3 is 0 Å². The van der Waals surface area contributed by atoms with Crippen LogP contribution in [0.3, 0.4) is 0 Å². The maximum atomic E-state index is 5.17. The van der Waals surface area contributed by atoms with Crippen LogP contribution in [0.2, 0.25) is 0 Å². The van der Waals surface area contributed by atoms with Crippen molar-refractivity contribution < 1.29 is 4.74 Å². The predicted molar refractivity (Wildman–Crippen MR) is 81.5 cm³/mol. The fourth-order valence-corrected chi connectivity index (χ4v) is 2.17. The van der Waals surface area contributed by atoms with Crippen molar-refractivity contribution in [1.29, 1.82) is 0 Å². The van der Waals surface area contributed by atoms with Crippen LogP contribution in [0.1, 0.15) is 25.0 Å². The maximum absolute atomic E-state index is 5.17. The zero-order valence-electron chi connectivity index (χ0n) is 12.6. The van der Waals surface area contributed by atoms with Gasteiger partial charge in [-0.2, -0.15) is 0 Å². The first-order chi connectivity index (χ1) is 9.31. The average molecular weight is 264 g/mol. The van der Waals surface area contributed by atoms with E-state index in [1.54, 1.807) is 7.11 Å². The molecule has 0 bridgehead atoms. The summed E-state index contributed by atoms with van der Waals surface area (Å²) in [6.45, 7) is 10.3. The Morgan fingerprint density at radius 1 is 1.16 bits per heavy atom. The summed E-state index contributed by atoms with van der Waals surface area (Å²) in [5.41, 5.74) is 2.90. The van der Waals surface area contributed by atoms with E-state index in [0.29, 0.717) is 0 Å². The molecule has 0 heterocycles. The first-order valence-corrected chi connectivity index (χ1v) is 7.30. The molecule has 0 radical (unpaired) electrons. The molecule has 19 heavy (non-hydrogen) atoms. The van der Waals surface area contributed by atoms with Crippen molar-refractivity contribution in [2.45, 2.75) is 26.8 Å². The van der Waals surface area contributed by atoms with E-state index in [4.69, 9.17) is 4.74 Å². The van der Waals surface area contributed by atoms with Crippen LogP contribution in [-0.2, 0) is 17.7 Å². The van der Waals surface area contributed by atoms with Crippen molar-refractivity contribution in [2.75, 3.05) is 39.9 Å². The van der Waals surface area contributed by atoms with E-state index in [9.17, 15) is 0 Å². The molecular weight excluding hydrogens is 236 g/mol. The van der Waals surface area contributed by atoms with Crippen molar-refractivity contribution in [3.63, 3.8) is 0 Å². The largest absolute Gasteiger partial charge is 0.383 e. The number of nitrogens with one attached hydrogen (secondary N) is 1. The number of nitrogens with zero attached hydrogens (tertiary/aromatic N) is 1. The summed E-state index contributed by atoms with van der Waals surface area (Å²) in [4.78, 5) is 2.43. The molecule has 1 N–H and O–H groups in total. The molecule has 0 aliphatic rings. The minimum Gasteiger partial charge on any atom is -0.383 e. The Labute approximate surface area is 118 Å². The minimum atomic E-state index is 0.799. The van der Waals surface area contributed by atoms with Crippen LogP contribution in [0.4, 0.5) is 0 Å². The number of likely N-dealkylation sites (N-methyl/N-ethyl adjacent to an activating group) is 2. The SMILES string of the molecule is CCNCCc1ccccc1CN(CC)CCOC. The Morgan fingerprint density at radius 3 is 2.53 bits per heavy atom. The highest BCUT2D eigenvalue weighted by Gasteiger charge is 2.07. The van der Waals surface area contributed by atoms with E-state index in [1.807, 2.05) is 0 Å². The Morgan fingerprint density at radius 2 is 1.89 bits per heavy atom. The molecule has 108 valence electrons. The molecule has 0 saturated heterocycles. The Kier molecular flexibility index (Phi) is 8.47. The number of methoxy groups -OCH3 is 1. The highest BCUT2D eigenvalue weighted by Crippen LogP contribution is 2.12. The Hall–Kier alpha value is -0.900. The molecule has 0 saturated carbocycles. The van der Waals surface area contributed by atoms with E-state index >= 15 is 0 Å². The molecule has 0 atom stereocenters. The van der Waals surface area contributed by atoms with E-state index in [1.165, 1.54) is 11.1 Å². The van der Waals surface area contributed by atoms with Gasteiger partial charge in [0, 0.05) is 20.2 Å². The summed E-state index contributed by atoms with van der Waals surface area (Å²) < 4.78 is 5.17. The number of benzene rings is 1. The molecule has 1 aromatic carbocycles. The summed E-state index contributed by atoms with van der Waals surface area (Å²) in [7, 11) is 1.76. The lowest BCUT2D eigenvalue weighted by Crippen LogP contribution is -2.27. The van der Waals surface area contributed by atoms with Gasteiger partial charge in [-0.25, -0.2) is 0 Å². The van der Waals surface area contributed by atoms with Crippen molar-refractivity contribution in [3.05, 3.63) is 35.4 Å². The zero-order valence-corrected chi connectivity index (χ0v) is 12.6. The first kappa shape index (κ1) is 16.2. The van der Waals surface area contributed by atoms with Gasteiger partial charge in [-0.05, 0) is 37.2 Å². The van der Waals surface area contributed by atoms with E-state index < -0.39 is 0 Å². The molecule has 0 aliphatic carbocycles. The molecule has 0 aromatic heterocycles. The average Bonchev–Trinajstić information content (AvgIpc) is 2.45. The molecule has 0 unspecified atom stereocenters. The quantitative estimate of drug-likeness (QED) is 0.656. The summed E-state index contributed by atoms with van der Waals surface area (Å²) >= 11 is 0. The Balaban J connectivity index is 2.59. The lowest BCUT2D eigenvalue weighted by Gasteiger charge is -2.21. The summed E-state index contributed by atoms with van der Waals surface area (Å²) in [5, 5.41) is 3.39. The highest BCUT2D eigenvalue weighted by molar-refractivity contribution is 5.27. The third kappa shape index (κ3) is 6.19. The van der Waals surface area contributed by atoms with E-state index in [0.717, 1.165) is 45.8 Å². The van der Waals surface area contributed by atoms with Crippen molar-refractivity contribution >= 4 is 0 Å². The molecule has 1 rings (SSSR count). The fourth-order valence-electron chi connectivity index (χ4n) is 2.17. The number of hydrogen-bond acceptors (Lipinski definition) is 3. The first-order valence-electron chi connectivity index (χ1n) is 7.30. The van der Waals surface area contributed by atoms with Gasteiger partial charge < -0.3 is 10.1 Å². The smallest absolute Gasteiger partial charge is 0.0589 e. The van der Waals surface area contributed by atoms with Crippen LogP contribution < -0.4 is 5.32 Å². The lowest BCUT2D eigenvalue weighted by molar-refractivity contribution is 0.147. The predicted octanol–water partition coefficient (Wildman–Crippen LogP) is 2.31.